The highest BCUT2D eigenvalue weighted by Crippen LogP contribution is 2.34. The van der Waals surface area contributed by atoms with Gasteiger partial charge in [-0.2, -0.15) is 15.8 Å². The second-order valence-corrected chi connectivity index (χ2v) is 3.85. The van der Waals surface area contributed by atoms with Crippen LogP contribution in [0.5, 0.6) is 0 Å². The van der Waals surface area contributed by atoms with E-state index < -0.39 is 0 Å². The lowest BCUT2D eigenvalue weighted by Crippen LogP contribution is -2.25. The quantitative estimate of drug-likeness (QED) is 0.600. The third-order valence-electron chi connectivity index (χ3n) is 2.04. The molecule has 0 spiro atoms. The van der Waals surface area contributed by atoms with Crippen molar-refractivity contribution in [3.63, 3.8) is 0 Å². The molecule has 0 saturated carbocycles. The van der Waals surface area contributed by atoms with Crippen LogP contribution in [0.2, 0.25) is 0 Å². The highest BCUT2D eigenvalue weighted by Gasteiger charge is 2.27. The molecule has 0 N–H and O–H groups in total. The van der Waals surface area contributed by atoms with Crippen LogP contribution >= 0.6 is 11.8 Å². The Morgan fingerprint density at radius 3 is 2.64 bits per heavy atom. The first kappa shape index (κ1) is 10.4. The van der Waals surface area contributed by atoms with Crippen molar-refractivity contribution < 1.29 is 0 Å². The molecule has 70 valence electrons. The molecule has 1 unspecified atom stereocenters. The molecule has 1 fully saturated rings. The molecule has 1 saturated heterocycles. The van der Waals surface area contributed by atoms with E-state index >= 15 is 0 Å². The zero-order valence-electron chi connectivity index (χ0n) is 7.69. The normalized spacial score (nSPS) is 19.7. The summed E-state index contributed by atoms with van der Waals surface area (Å²) in [6.07, 6.45) is 0.428. The SMILES string of the molecule is CN1C(=C(C#N)C#N)SCC1CC#N. The molecule has 14 heavy (non-hydrogen) atoms. The van der Waals surface area contributed by atoms with Crippen LogP contribution in [0.15, 0.2) is 10.6 Å². The van der Waals surface area contributed by atoms with Crippen molar-refractivity contribution >= 4 is 11.8 Å². The highest BCUT2D eigenvalue weighted by atomic mass is 32.2. The molecule has 1 aliphatic heterocycles. The van der Waals surface area contributed by atoms with Crippen molar-refractivity contribution in [1.82, 2.24) is 4.90 Å². The van der Waals surface area contributed by atoms with Crippen molar-refractivity contribution in [2.24, 2.45) is 0 Å². The first-order valence-electron chi connectivity index (χ1n) is 4.01. The minimum atomic E-state index is 0.122. The first-order chi connectivity index (χ1) is 6.74. The Bertz CT molecular complexity index is 363. The molecule has 0 aliphatic carbocycles. The van der Waals surface area contributed by atoms with E-state index in [0.29, 0.717) is 11.4 Å². The number of thioether (sulfide) groups is 1. The maximum Gasteiger partial charge on any atom is 0.159 e. The van der Waals surface area contributed by atoms with Gasteiger partial charge in [0.2, 0.25) is 0 Å². The number of nitrogens with zero attached hydrogens (tertiary/aromatic N) is 4. The van der Waals surface area contributed by atoms with Crippen LogP contribution in [0.3, 0.4) is 0 Å². The number of nitriles is 3. The summed E-state index contributed by atoms with van der Waals surface area (Å²) in [7, 11) is 1.81. The van der Waals surface area contributed by atoms with Crippen LogP contribution < -0.4 is 0 Å². The number of rotatable bonds is 1. The van der Waals surface area contributed by atoms with Gasteiger partial charge in [-0.15, -0.1) is 11.8 Å². The van der Waals surface area contributed by atoms with Gasteiger partial charge >= 0.3 is 0 Å². The number of allylic oxidation sites excluding steroid dienone is 1. The maximum absolute atomic E-state index is 8.68. The van der Waals surface area contributed by atoms with Gasteiger partial charge in [-0.25, -0.2) is 0 Å². The van der Waals surface area contributed by atoms with E-state index in [-0.39, 0.29) is 11.6 Å². The molecule has 1 aliphatic rings. The second-order valence-electron chi connectivity index (χ2n) is 2.84. The van der Waals surface area contributed by atoms with Crippen LogP contribution in [0, 0.1) is 34.0 Å². The third kappa shape index (κ3) is 1.82. The standard InChI is InChI=1S/C9H8N4S/c1-13-8(2-3-10)6-14-9(13)7(4-11)5-12/h8H,2,6H2,1H3. The van der Waals surface area contributed by atoms with Crippen molar-refractivity contribution in [1.29, 1.82) is 15.8 Å². The molecule has 0 radical (unpaired) electrons. The van der Waals surface area contributed by atoms with Gasteiger partial charge in [0.05, 0.1) is 23.6 Å². The lowest BCUT2D eigenvalue weighted by Gasteiger charge is -2.18. The summed E-state index contributed by atoms with van der Waals surface area (Å²) in [5, 5.41) is 26.6. The van der Waals surface area contributed by atoms with Crippen molar-refractivity contribution in [2.75, 3.05) is 12.8 Å². The van der Waals surface area contributed by atoms with Gasteiger partial charge in [0.1, 0.15) is 12.1 Å². The second kappa shape index (κ2) is 4.56. The summed E-state index contributed by atoms with van der Waals surface area (Å²) in [4.78, 5) is 1.84. The zero-order valence-corrected chi connectivity index (χ0v) is 8.51. The van der Waals surface area contributed by atoms with Gasteiger partial charge in [0.25, 0.3) is 0 Å². The summed E-state index contributed by atoms with van der Waals surface area (Å²) in [6, 6.07) is 5.93. The van der Waals surface area contributed by atoms with Gasteiger partial charge in [-0.05, 0) is 0 Å². The Balaban J connectivity index is 2.91. The Labute approximate surface area is 87.0 Å². The molecule has 1 atom stereocenters. The highest BCUT2D eigenvalue weighted by molar-refractivity contribution is 8.03. The molecular weight excluding hydrogens is 196 g/mol. The average molecular weight is 204 g/mol. The fourth-order valence-electron chi connectivity index (χ4n) is 1.22. The monoisotopic (exact) mass is 204 g/mol. The van der Waals surface area contributed by atoms with E-state index in [1.807, 2.05) is 24.1 Å². The molecule has 0 aromatic heterocycles. The van der Waals surface area contributed by atoms with Crippen molar-refractivity contribution in [3.05, 3.63) is 10.6 Å². The van der Waals surface area contributed by atoms with Gasteiger partial charge in [-0.1, -0.05) is 0 Å². The van der Waals surface area contributed by atoms with Gasteiger partial charge in [0.15, 0.2) is 5.57 Å². The summed E-state index contributed by atoms with van der Waals surface area (Å²) >= 11 is 1.47. The number of hydrogen-bond donors (Lipinski definition) is 0. The molecule has 0 aromatic rings. The van der Waals surface area contributed by atoms with Crippen LogP contribution in [0.1, 0.15) is 6.42 Å². The van der Waals surface area contributed by atoms with Gasteiger partial charge in [0, 0.05) is 12.8 Å². The van der Waals surface area contributed by atoms with E-state index in [4.69, 9.17) is 15.8 Å². The summed E-state index contributed by atoms with van der Waals surface area (Å²) < 4.78 is 0. The molecule has 0 aromatic carbocycles. The largest absolute Gasteiger partial charge is 0.363 e. The lowest BCUT2D eigenvalue weighted by atomic mass is 10.2. The molecule has 0 amide bonds. The Morgan fingerprint density at radius 2 is 2.14 bits per heavy atom. The van der Waals surface area contributed by atoms with E-state index in [1.165, 1.54) is 11.8 Å². The van der Waals surface area contributed by atoms with Crippen LogP contribution in [0.25, 0.3) is 0 Å². The van der Waals surface area contributed by atoms with Gasteiger partial charge in [-0.3, -0.25) is 0 Å². The molecular formula is C9H8N4S. The van der Waals surface area contributed by atoms with E-state index in [9.17, 15) is 0 Å². The predicted molar refractivity (Wildman–Crippen MR) is 52.5 cm³/mol. The number of hydrogen-bond acceptors (Lipinski definition) is 5. The Kier molecular flexibility index (Phi) is 3.40. The van der Waals surface area contributed by atoms with Crippen LogP contribution in [0.4, 0.5) is 0 Å². The van der Waals surface area contributed by atoms with Crippen molar-refractivity contribution in [2.45, 2.75) is 12.5 Å². The molecule has 1 rings (SSSR count). The Hall–Kier alpha value is -1.64. The summed E-state index contributed by atoms with van der Waals surface area (Å²) in [5.41, 5.74) is 0.137. The van der Waals surface area contributed by atoms with Crippen LogP contribution in [-0.4, -0.2) is 23.7 Å². The minimum absolute atomic E-state index is 0.122. The molecule has 1 heterocycles. The fraction of sp³-hybridized carbons (Fsp3) is 0.444. The fourth-order valence-corrected chi connectivity index (χ4v) is 2.51. The first-order valence-corrected chi connectivity index (χ1v) is 5.00. The zero-order chi connectivity index (χ0) is 10.6. The average Bonchev–Trinajstić information content (AvgIpc) is 2.53. The molecule has 4 nitrogen and oxygen atoms in total. The summed E-state index contributed by atoms with van der Waals surface area (Å²) in [5.74, 6) is 0.770. The van der Waals surface area contributed by atoms with Crippen LogP contribution in [-0.2, 0) is 0 Å². The maximum atomic E-state index is 8.68. The smallest absolute Gasteiger partial charge is 0.159 e. The lowest BCUT2D eigenvalue weighted by molar-refractivity contribution is 0.367. The Morgan fingerprint density at radius 1 is 1.50 bits per heavy atom. The van der Waals surface area contributed by atoms with E-state index in [2.05, 4.69) is 6.07 Å². The van der Waals surface area contributed by atoms with Crippen molar-refractivity contribution in [3.8, 4) is 18.2 Å². The minimum Gasteiger partial charge on any atom is -0.363 e. The molecule has 5 heteroatoms. The molecule has 0 bridgehead atoms. The summed E-state index contributed by atoms with van der Waals surface area (Å²) in [6.45, 7) is 0. The van der Waals surface area contributed by atoms with E-state index in [1.54, 1.807) is 0 Å². The van der Waals surface area contributed by atoms with E-state index in [0.717, 1.165) is 5.75 Å². The third-order valence-corrected chi connectivity index (χ3v) is 3.36. The topological polar surface area (TPSA) is 74.6 Å². The predicted octanol–water partition coefficient (Wildman–Crippen LogP) is 1.21. The van der Waals surface area contributed by atoms with Gasteiger partial charge < -0.3 is 4.90 Å².